The summed E-state index contributed by atoms with van der Waals surface area (Å²) in [6.07, 6.45) is 1.50. The topological polar surface area (TPSA) is 81.9 Å². The zero-order valence-corrected chi connectivity index (χ0v) is 15.3. The number of carbonyl (C=O) groups excluding carboxylic acids is 1. The highest BCUT2D eigenvalue weighted by Crippen LogP contribution is 2.23. The number of nitrogens with zero attached hydrogens (tertiary/aromatic N) is 1. The molecule has 28 heavy (non-hydrogen) atoms. The summed E-state index contributed by atoms with van der Waals surface area (Å²) >= 11 is 5.79. The molecule has 0 saturated carbocycles. The van der Waals surface area contributed by atoms with Gasteiger partial charge in [-0.15, -0.1) is 0 Å². The second kappa shape index (κ2) is 8.76. The second-order valence-electron chi connectivity index (χ2n) is 5.79. The molecule has 0 aliphatic carbocycles. The van der Waals surface area contributed by atoms with Crippen LogP contribution < -0.4 is 5.43 Å². The Labute approximate surface area is 166 Å². The Hall–Kier alpha value is -3.75. The fourth-order valence-corrected chi connectivity index (χ4v) is 2.48. The maximum Gasteiger partial charge on any atom is 0.271 e. The van der Waals surface area contributed by atoms with Crippen LogP contribution in [0.15, 0.2) is 71.8 Å². The van der Waals surface area contributed by atoms with E-state index < -0.39 is 5.91 Å². The van der Waals surface area contributed by atoms with Crippen LogP contribution in [0.5, 0.6) is 11.5 Å². The number of nitrogens with one attached hydrogen (secondary N) is 1. The largest absolute Gasteiger partial charge is 0.508 e. The van der Waals surface area contributed by atoms with Gasteiger partial charge in [0.15, 0.2) is 0 Å². The third kappa shape index (κ3) is 5.13. The molecule has 0 bridgehead atoms. The van der Waals surface area contributed by atoms with Crippen LogP contribution in [0, 0.1) is 11.8 Å². The molecule has 3 aromatic carbocycles. The summed E-state index contributed by atoms with van der Waals surface area (Å²) in [5, 5.41) is 22.9. The van der Waals surface area contributed by atoms with E-state index in [2.05, 4.69) is 22.4 Å². The number of hydrogen-bond donors (Lipinski definition) is 3. The summed E-state index contributed by atoms with van der Waals surface area (Å²) in [6, 6.07) is 18.2. The minimum Gasteiger partial charge on any atom is -0.508 e. The summed E-state index contributed by atoms with van der Waals surface area (Å²) in [4.78, 5) is 12.0. The molecule has 0 aromatic heterocycles. The summed E-state index contributed by atoms with van der Waals surface area (Å²) in [6.45, 7) is 0. The van der Waals surface area contributed by atoms with Gasteiger partial charge in [-0.3, -0.25) is 4.79 Å². The SMILES string of the molecule is O=C(N/N=C/c1cccc(C#Cc2cccc(O)c2)c1)c1ccc(O)c(Cl)c1. The van der Waals surface area contributed by atoms with Gasteiger partial charge in [-0.1, -0.05) is 41.6 Å². The van der Waals surface area contributed by atoms with Crippen molar-refractivity contribution in [3.05, 3.63) is 94.0 Å². The predicted octanol–water partition coefficient (Wildman–Crippen LogP) is 3.91. The molecule has 0 fully saturated rings. The van der Waals surface area contributed by atoms with Gasteiger partial charge >= 0.3 is 0 Å². The number of halogens is 1. The Kier molecular flexibility index (Phi) is 5.95. The van der Waals surface area contributed by atoms with Gasteiger partial charge in [0.25, 0.3) is 5.91 Å². The fourth-order valence-electron chi connectivity index (χ4n) is 2.30. The molecule has 3 rings (SSSR count). The molecule has 0 radical (unpaired) electrons. The van der Waals surface area contributed by atoms with Crippen LogP contribution in [0.25, 0.3) is 0 Å². The minimum atomic E-state index is -0.446. The van der Waals surface area contributed by atoms with Crippen molar-refractivity contribution in [2.24, 2.45) is 5.10 Å². The first kappa shape index (κ1) is 19.0. The Morgan fingerprint density at radius 1 is 0.964 bits per heavy atom. The third-order valence-electron chi connectivity index (χ3n) is 3.67. The van der Waals surface area contributed by atoms with E-state index in [1.54, 1.807) is 18.2 Å². The maximum atomic E-state index is 12.0. The van der Waals surface area contributed by atoms with Crippen molar-refractivity contribution in [1.82, 2.24) is 5.43 Å². The van der Waals surface area contributed by atoms with E-state index in [0.29, 0.717) is 5.56 Å². The van der Waals surface area contributed by atoms with Crippen molar-refractivity contribution in [2.75, 3.05) is 0 Å². The van der Waals surface area contributed by atoms with Crippen molar-refractivity contribution in [3.63, 3.8) is 0 Å². The van der Waals surface area contributed by atoms with Gasteiger partial charge in [0, 0.05) is 16.7 Å². The fraction of sp³-hybridized carbons (Fsp3) is 0. The van der Waals surface area contributed by atoms with Gasteiger partial charge in [-0.05, 0) is 54.1 Å². The van der Waals surface area contributed by atoms with Crippen molar-refractivity contribution in [2.45, 2.75) is 0 Å². The molecular weight excluding hydrogens is 376 g/mol. The summed E-state index contributed by atoms with van der Waals surface area (Å²) < 4.78 is 0. The zero-order chi connectivity index (χ0) is 19.9. The van der Waals surface area contributed by atoms with Crippen LogP contribution in [-0.4, -0.2) is 22.3 Å². The first-order valence-corrected chi connectivity index (χ1v) is 8.62. The lowest BCUT2D eigenvalue weighted by Crippen LogP contribution is -2.17. The molecule has 138 valence electrons. The van der Waals surface area contributed by atoms with Gasteiger partial charge in [0.05, 0.1) is 11.2 Å². The molecule has 3 N–H and O–H groups in total. The van der Waals surface area contributed by atoms with Crippen molar-refractivity contribution >= 4 is 23.7 Å². The summed E-state index contributed by atoms with van der Waals surface area (Å²) in [5.74, 6) is 5.62. The van der Waals surface area contributed by atoms with E-state index in [0.717, 1.165) is 11.1 Å². The van der Waals surface area contributed by atoms with E-state index in [-0.39, 0.29) is 22.1 Å². The number of amides is 1. The number of phenols is 2. The third-order valence-corrected chi connectivity index (χ3v) is 3.98. The van der Waals surface area contributed by atoms with Gasteiger partial charge in [-0.25, -0.2) is 5.43 Å². The Morgan fingerprint density at radius 3 is 2.39 bits per heavy atom. The van der Waals surface area contributed by atoms with E-state index >= 15 is 0 Å². The summed E-state index contributed by atoms with van der Waals surface area (Å²) in [7, 11) is 0. The average Bonchev–Trinajstić information content (AvgIpc) is 2.69. The highest BCUT2D eigenvalue weighted by Gasteiger charge is 2.07. The van der Waals surface area contributed by atoms with E-state index in [4.69, 9.17) is 11.6 Å². The van der Waals surface area contributed by atoms with Crippen LogP contribution in [0.2, 0.25) is 5.02 Å². The molecule has 0 aliphatic heterocycles. The van der Waals surface area contributed by atoms with Crippen LogP contribution in [0.1, 0.15) is 27.0 Å². The molecule has 0 aliphatic rings. The predicted molar refractivity (Wildman–Crippen MR) is 109 cm³/mol. The highest BCUT2D eigenvalue weighted by atomic mass is 35.5. The molecular formula is C22H15ClN2O3. The Balaban J connectivity index is 1.67. The first-order chi connectivity index (χ1) is 13.5. The highest BCUT2D eigenvalue weighted by molar-refractivity contribution is 6.32. The van der Waals surface area contributed by atoms with E-state index in [1.165, 1.54) is 24.4 Å². The van der Waals surface area contributed by atoms with E-state index in [9.17, 15) is 15.0 Å². The zero-order valence-electron chi connectivity index (χ0n) is 14.6. The van der Waals surface area contributed by atoms with Crippen LogP contribution in [0.3, 0.4) is 0 Å². The van der Waals surface area contributed by atoms with Crippen molar-refractivity contribution in [3.8, 4) is 23.3 Å². The van der Waals surface area contributed by atoms with Gasteiger partial charge in [-0.2, -0.15) is 5.10 Å². The smallest absolute Gasteiger partial charge is 0.271 e. The van der Waals surface area contributed by atoms with Crippen molar-refractivity contribution in [1.29, 1.82) is 0 Å². The Morgan fingerprint density at radius 2 is 1.68 bits per heavy atom. The lowest BCUT2D eigenvalue weighted by Gasteiger charge is -2.02. The molecule has 0 atom stereocenters. The number of rotatable bonds is 3. The second-order valence-corrected chi connectivity index (χ2v) is 6.20. The number of hydrogen-bond acceptors (Lipinski definition) is 4. The molecule has 0 heterocycles. The van der Waals surface area contributed by atoms with Gasteiger partial charge in [0.2, 0.25) is 0 Å². The van der Waals surface area contributed by atoms with Gasteiger partial charge in [0.1, 0.15) is 11.5 Å². The quantitative estimate of drug-likeness (QED) is 0.360. The van der Waals surface area contributed by atoms with Crippen LogP contribution >= 0.6 is 11.6 Å². The standard InChI is InChI=1S/C22H15ClN2O3/c23-20-13-18(9-10-21(20)27)22(28)25-24-14-17-5-1-3-15(11-17)7-8-16-4-2-6-19(26)12-16/h1-6,9-14,26-27H,(H,25,28)/b24-14+. The molecule has 6 heteroatoms. The number of carbonyl (C=O) groups is 1. The molecule has 0 unspecified atom stereocenters. The molecule has 0 saturated heterocycles. The molecule has 0 spiro atoms. The number of benzene rings is 3. The number of aromatic hydroxyl groups is 2. The van der Waals surface area contributed by atoms with Crippen LogP contribution in [0.4, 0.5) is 0 Å². The molecule has 5 nitrogen and oxygen atoms in total. The van der Waals surface area contributed by atoms with Crippen LogP contribution in [-0.2, 0) is 0 Å². The maximum absolute atomic E-state index is 12.0. The number of phenolic OH excluding ortho intramolecular Hbond substituents is 2. The lowest BCUT2D eigenvalue weighted by atomic mass is 10.1. The van der Waals surface area contributed by atoms with Gasteiger partial charge < -0.3 is 10.2 Å². The average molecular weight is 391 g/mol. The van der Waals surface area contributed by atoms with E-state index in [1.807, 2.05) is 30.3 Å². The normalized spacial score (nSPS) is 10.3. The Bertz CT molecular complexity index is 1110. The first-order valence-electron chi connectivity index (χ1n) is 8.24. The molecule has 3 aromatic rings. The lowest BCUT2D eigenvalue weighted by molar-refractivity contribution is 0.0955. The molecule has 1 amide bonds. The number of hydrazone groups is 1. The minimum absolute atomic E-state index is 0.0923. The summed E-state index contributed by atoms with van der Waals surface area (Å²) in [5.41, 5.74) is 4.92. The van der Waals surface area contributed by atoms with Crippen molar-refractivity contribution < 1.29 is 15.0 Å². The monoisotopic (exact) mass is 390 g/mol.